The number of hydrogen-bond acceptors (Lipinski definition) is 1. The van der Waals surface area contributed by atoms with Gasteiger partial charge >= 0.3 is 0 Å². The van der Waals surface area contributed by atoms with Crippen molar-refractivity contribution in [3.05, 3.63) is 25.1 Å². The van der Waals surface area contributed by atoms with Gasteiger partial charge in [0.15, 0.2) is 8.80 Å². The van der Waals surface area contributed by atoms with Gasteiger partial charge < -0.3 is 4.74 Å². The fraction of sp³-hybridized carbons (Fsp3) is 0.143. The molecule has 0 bridgehead atoms. The minimum absolute atomic E-state index is 0.671. The van der Waals surface area contributed by atoms with Crippen LogP contribution in [-0.2, 0) is 4.74 Å². The number of ether oxygens (including phenoxy) is 1. The molecule has 0 amide bonds. The van der Waals surface area contributed by atoms with Crippen LogP contribution >= 0.6 is 0 Å². The van der Waals surface area contributed by atoms with Crippen LogP contribution in [0.25, 0.3) is 0 Å². The average molecular weight is 137 g/mol. The van der Waals surface area contributed by atoms with Crippen LogP contribution in [0.3, 0.4) is 0 Å². The second-order valence-electron chi connectivity index (χ2n) is 1.40. The molecular formula is C7H9OSi. The number of rotatable bonds is 2. The van der Waals surface area contributed by atoms with Gasteiger partial charge in [0, 0.05) is 0 Å². The Kier molecular flexibility index (Phi) is 4.65. The molecule has 0 aromatic carbocycles. The summed E-state index contributed by atoms with van der Waals surface area (Å²) in [6, 6.07) is 0. The van der Waals surface area contributed by atoms with Crippen molar-refractivity contribution in [2.24, 2.45) is 0 Å². The highest BCUT2D eigenvalue weighted by molar-refractivity contribution is 6.71. The van der Waals surface area contributed by atoms with Gasteiger partial charge in [0.25, 0.3) is 0 Å². The fourth-order valence-corrected chi connectivity index (χ4v) is 0.525. The zero-order valence-electron chi connectivity index (χ0n) is 5.48. The Labute approximate surface area is 57.6 Å². The maximum Gasteiger partial charge on any atom is 0.172 e. The summed E-state index contributed by atoms with van der Waals surface area (Å²) >= 11 is 0. The van der Waals surface area contributed by atoms with Gasteiger partial charge in [0.1, 0.15) is 6.11 Å². The first-order valence-electron chi connectivity index (χ1n) is 2.54. The molecule has 0 spiro atoms. The first-order chi connectivity index (χ1) is 4.31. The second kappa shape index (κ2) is 5.20. The van der Waals surface area contributed by atoms with Crippen LogP contribution in [0, 0.1) is 11.7 Å². The van der Waals surface area contributed by atoms with Crippen molar-refractivity contribution in [1.29, 1.82) is 0 Å². The number of hydrogen-bond donors (Lipinski definition) is 0. The predicted molar refractivity (Wildman–Crippen MR) is 40.9 cm³/mol. The van der Waals surface area contributed by atoms with Crippen LogP contribution in [0.5, 0.6) is 0 Å². The van der Waals surface area contributed by atoms with Gasteiger partial charge in [0.2, 0.25) is 0 Å². The van der Waals surface area contributed by atoms with Crippen LogP contribution < -0.4 is 0 Å². The second-order valence-corrected chi connectivity index (χ2v) is 3.42. The molecule has 0 heterocycles. The molecule has 0 aliphatic rings. The highest BCUT2D eigenvalue weighted by atomic mass is 28.3. The fourth-order valence-electron chi connectivity index (χ4n) is 0.203. The minimum atomic E-state index is -0.671. The lowest BCUT2D eigenvalue weighted by Gasteiger charge is -1.84. The first kappa shape index (κ1) is 8.06. The third-order valence-electron chi connectivity index (χ3n) is 0.697. The largest absolute Gasteiger partial charge is 0.416 e. The van der Waals surface area contributed by atoms with Crippen LogP contribution in [0.4, 0.5) is 0 Å². The molecule has 0 saturated carbocycles. The average Bonchev–Trinajstić information content (AvgIpc) is 1.89. The predicted octanol–water partition coefficient (Wildman–Crippen LogP) is 1.50. The lowest BCUT2D eigenvalue weighted by Crippen LogP contribution is -1.96. The zero-order valence-corrected chi connectivity index (χ0v) is 6.48. The SMILES string of the molecule is C=COC#C[Si](C)C=C. The topological polar surface area (TPSA) is 9.23 Å². The molecule has 0 aliphatic carbocycles. The molecule has 0 fully saturated rings. The van der Waals surface area contributed by atoms with E-state index in [2.05, 4.69) is 29.5 Å². The Bertz CT molecular complexity index is 152. The van der Waals surface area contributed by atoms with Crippen molar-refractivity contribution in [1.82, 2.24) is 0 Å². The Balaban J connectivity index is 3.57. The summed E-state index contributed by atoms with van der Waals surface area (Å²) in [5, 5.41) is 0. The van der Waals surface area contributed by atoms with Crippen LogP contribution in [0.2, 0.25) is 6.55 Å². The van der Waals surface area contributed by atoms with E-state index in [1.807, 2.05) is 12.2 Å². The van der Waals surface area contributed by atoms with Gasteiger partial charge in [-0.1, -0.05) is 24.4 Å². The third-order valence-corrected chi connectivity index (χ3v) is 1.81. The zero-order chi connectivity index (χ0) is 7.11. The summed E-state index contributed by atoms with van der Waals surface area (Å²) in [6.45, 7) is 8.98. The summed E-state index contributed by atoms with van der Waals surface area (Å²) in [4.78, 5) is 0. The smallest absolute Gasteiger partial charge is 0.172 e. The van der Waals surface area contributed by atoms with E-state index in [9.17, 15) is 0 Å². The summed E-state index contributed by atoms with van der Waals surface area (Å²) in [5.41, 5.74) is 4.72. The molecular weight excluding hydrogens is 128 g/mol. The molecule has 0 atom stereocenters. The molecule has 0 saturated heterocycles. The van der Waals surface area contributed by atoms with Gasteiger partial charge in [0.05, 0.1) is 6.26 Å². The maximum atomic E-state index is 4.59. The van der Waals surface area contributed by atoms with Crippen molar-refractivity contribution in [3.8, 4) is 11.7 Å². The van der Waals surface area contributed by atoms with E-state index in [1.165, 1.54) is 6.26 Å². The molecule has 0 aliphatic heterocycles. The van der Waals surface area contributed by atoms with E-state index in [0.717, 1.165) is 0 Å². The Morgan fingerprint density at radius 2 is 2.22 bits per heavy atom. The van der Waals surface area contributed by atoms with Crippen molar-refractivity contribution >= 4 is 8.80 Å². The van der Waals surface area contributed by atoms with Gasteiger partial charge in [-0.25, -0.2) is 0 Å². The molecule has 0 aromatic rings. The minimum Gasteiger partial charge on any atom is -0.416 e. The molecule has 9 heavy (non-hydrogen) atoms. The first-order valence-corrected chi connectivity index (χ1v) is 4.62. The molecule has 1 radical (unpaired) electrons. The Hall–Kier alpha value is -0.943. The summed E-state index contributed by atoms with van der Waals surface area (Å²) in [7, 11) is -0.671. The summed E-state index contributed by atoms with van der Waals surface area (Å²) in [5.74, 6) is 0. The normalized spacial score (nSPS) is 7.33. The van der Waals surface area contributed by atoms with E-state index < -0.39 is 8.80 Å². The van der Waals surface area contributed by atoms with E-state index in [4.69, 9.17) is 0 Å². The van der Waals surface area contributed by atoms with Crippen molar-refractivity contribution < 1.29 is 4.74 Å². The van der Waals surface area contributed by atoms with Crippen molar-refractivity contribution in [2.75, 3.05) is 0 Å². The third kappa shape index (κ3) is 4.92. The molecule has 1 nitrogen and oxygen atoms in total. The molecule has 0 unspecified atom stereocenters. The van der Waals surface area contributed by atoms with E-state index in [1.54, 1.807) is 0 Å². The van der Waals surface area contributed by atoms with Crippen molar-refractivity contribution in [3.63, 3.8) is 0 Å². The van der Waals surface area contributed by atoms with E-state index >= 15 is 0 Å². The summed E-state index contributed by atoms with van der Waals surface area (Å²) < 4.78 is 4.59. The molecule has 47 valence electrons. The van der Waals surface area contributed by atoms with Gasteiger partial charge in [-0.05, 0) is 0 Å². The Morgan fingerprint density at radius 1 is 1.56 bits per heavy atom. The maximum absolute atomic E-state index is 4.59. The monoisotopic (exact) mass is 137 g/mol. The highest BCUT2D eigenvalue weighted by Gasteiger charge is 1.88. The summed E-state index contributed by atoms with van der Waals surface area (Å²) in [6.07, 6.45) is 3.80. The quantitative estimate of drug-likeness (QED) is 0.318. The highest BCUT2D eigenvalue weighted by Crippen LogP contribution is 1.77. The van der Waals surface area contributed by atoms with Crippen LogP contribution in [0.1, 0.15) is 0 Å². The lowest BCUT2D eigenvalue weighted by molar-refractivity contribution is 0.442. The molecule has 0 N–H and O–H groups in total. The van der Waals surface area contributed by atoms with Gasteiger partial charge in [-0.15, -0.1) is 6.58 Å². The molecule has 0 rings (SSSR count). The standard InChI is InChI=1S/C7H9OSi/c1-4-8-6-7-9(3)5-2/h4-5H,1-2H2,3H3. The van der Waals surface area contributed by atoms with Gasteiger partial charge in [-0.3, -0.25) is 0 Å². The van der Waals surface area contributed by atoms with Gasteiger partial charge in [-0.2, -0.15) is 0 Å². The van der Waals surface area contributed by atoms with Crippen LogP contribution in [0.15, 0.2) is 25.1 Å². The molecule has 2 heteroatoms. The van der Waals surface area contributed by atoms with E-state index in [0.29, 0.717) is 0 Å². The van der Waals surface area contributed by atoms with Crippen LogP contribution in [-0.4, -0.2) is 8.80 Å². The van der Waals surface area contributed by atoms with E-state index in [-0.39, 0.29) is 0 Å². The molecule has 0 aromatic heterocycles. The van der Waals surface area contributed by atoms with Crippen molar-refractivity contribution in [2.45, 2.75) is 6.55 Å². The Morgan fingerprint density at radius 3 is 2.67 bits per heavy atom. The lowest BCUT2D eigenvalue weighted by atomic mass is 11.1.